The van der Waals surface area contributed by atoms with Crippen molar-refractivity contribution in [1.29, 1.82) is 0 Å². The third-order valence-electron chi connectivity index (χ3n) is 8.81. The summed E-state index contributed by atoms with van der Waals surface area (Å²) in [7, 11) is 5.68. The van der Waals surface area contributed by atoms with Crippen LogP contribution in [0, 0.1) is 12.4 Å². The molecule has 15 heteroatoms. The molecule has 3 aliphatic rings. The Hall–Kier alpha value is -4.00. The number of β-amino-alcohol motifs (C(OH)–C–C–N with tert-alkyl or cyclic N) is 1. The number of carbonyl (C=O) groups excluding carboxylic acids is 1. The number of amides is 1. The molecule has 1 aromatic heterocycles. The number of aromatic nitrogens is 2. The highest BCUT2D eigenvalue weighted by Crippen LogP contribution is 2.40. The van der Waals surface area contributed by atoms with Crippen molar-refractivity contribution in [1.82, 2.24) is 24.7 Å². The molecule has 1 aromatic carbocycles. The summed E-state index contributed by atoms with van der Waals surface area (Å²) in [5, 5.41) is 10.1. The molecule has 0 saturated carbocycles. The molecular weight excluding hydrogens is 620 g/mol. The molecule has 0 aliphatic carbocycles. The van der Waals surface area contributed by atoms with E-state index < -0.39 is 29.7 Å². The summed E-state index contributed by atoms with van der Waals surface area (Å²) in [4.78, 5) is 35.1. The topological polar surface area (TPSA) is 92.9 Å². The molecule has 1 N–H and O–H groups in total. The van der Waals surface area contributed by atoms with Gasteiger partial charge in [-0.1, -0.05) is 12.1 Å². The van der Waals surface area contributed by atoms with Gasteiger partial charge < -0.3 is 34.3 Å². The molecule has 1 amide bonds. The minimum absolute atomic E-state index is 0.0314. The number of hydrogen-bond acceptors (Lipinski definition) is 9. The van der Waals surface area contributed by atoms with Crippen molar-refractivity contribution in [3.8, 4) is 6.01 Å². The first-order chi connectivity index (χ1) is 22.3. The highest BCUT2D eigenvalue weighted by atomic mass is 19.4. The number of aliphatic hydroxyl groups excluding tert-OH is 1. The molecule has 3 atom stereocenters. The van der Waals surface area contributed by atoms with E-state index >= 15 is 0 Å². The van der Waals surface area contributed by atoms with Crippen molar-refractivity contribution in [2.75, 3.05) is 83.4 Å². The van der Waals surface area contributed by atoms with Gasteiger partial charge >= 0.3 is 12.2 Å². The van der Waals surface area contributed by atoms with E-state index in [9.17, 15) is 27.5 Å². The van der Waals surface area contributed by atoms with Crippen molar-refractivity contribution in [3.63, 3.8) is 0 Å². The molecule has 254 valence electrons. The Bertz CT molecular complexity index is 1510. The number of halogens is 4. The SMILES string of the molecule is [C-]#[N+]C[C@H]1CN(c2nc(OC[C@@H]3C[C@@H](O)CN3C)nc3c2CCN(c2cccc(F)c2C(F)(F)F)C3)CCN1C(=O)/C=C/CN(C)C. The largest absolute Gasteiger partial charge is 0.462 e. The molecule has 11 nitrogen and oxygen atoms in total. The summed E-state index contributed by atoms with van der Waals surface area (Å²) in [6.45, 7) is 10.1. The number of likely N-dealkylation sites (tertiary alicyclic amines) is 1. The van der Waals surface area contributed by atoms with Gasteiger partial charge in [0.2, 0.25) is 12.5 Å². The second-order valence-corrected chi connectivity index (χ2v) is 12.5. The second-order valence-electron chi connectivity index (χ2n) is 12.5. The number of rotatable bonds is 9. The summed E-state index contributed by atoms with van der Waals surface area (Å²) in [5.74, 6) is -0.973. The number of benzene rings is 1. The van der Waals surface area contributed by atoms with E-state index in [2.05, 4.69) is 9.83 Å². The highest BCUT2D eigenvalue weighted by Gasteiger charge is 2.40. The van der Waals surface area contributed by atoms with Gasteiger partial charge in [-0.15, -0.1) is 0 Å². The Balaban J connectivity index is 1.45. The zero-order valence-corrected chi connectivity index (χ0v) is 26.8. The standard InChI is InChI=1S/C32H40F4N8O3/c1-37-16-22-17-43(13-14-44(22)28(46)9-6-11-40(2)3)30-24-10-12-42(27-8-5-7-25(33)29(27)32(34,35)36)19-26(24)38-31(39-30)47-20-21-15-23(45)18-41(21)4/h5-9,21-23,45H,10-20H2,2-4H3/b9-6+/t21-,22-,23+/m0/s1. The Morgan fingerprint density at radius 2 is 1.96 bits per heavy atom. The van der Waals surface area contributed by atoms with Crippen molar-refractivity contribution in [2.45, 2.75) is 43.8 Å². The summed E-state index contributed by atoms with van der Waals surface area (Å²) >= 11 is 0. The van der Waals surface area contributed by atoms with E-state index in [1.54, 1.807) is 11.0 Å². The van der Waals surface area contributed by atoms with Gasteiger partial charge in [0.15, 0.2) is 0 Å². The average Bonchev–Trinajstić information content (AvgIpc) is 3.34. The number of carbonyl (C=O) groups is 1. The quantitative estimate of drug-likeness (QED) is 0.248. The van der Waals surface area contributed by atoms with Crippen LogP contribution in [0.5, 0.6) is 6.01 Å². The monoisotopic (exact) mass is 660 g/mol. The van der Waals surface area contributed by atoms with Gasteiger partial charge in [0.05, 0.1) is 24.0 Å². The Labute approximate surface area is 271 Å². The first-order valence-corrected chi connectivity index (χ1v) is 15.6. The first kappa shape index (κ1) is 34.3. The summed E-state index contributed by atoms with van der Waals surface area (Å²) in [6, 6.07) is 2.87. The molecule has 0 bridgehead atoms. The van der Waals surface area contributed by atoms with Gasteiger partial charge in [-0.2, -0.15) is 23.1 Å². The van der Waals surface area contributed by atoms with E-state index in [-0.39, 0.29) is 56.3 Å². The molecule has 4 heterocycles. The van der Waals surface area contributed by atoms with E-state index in [0.717, 1.165) is 11.6 Å². The number of nitrogens with zero attached hydrogens (tertiary/aromatic N) is 8. The van der Waals surface area contributed by atoms with Crippen LogP contribution in [-0.4, -0.2) is 127 Å². The smallest absolute Gasteiger partial charge is 0.421 e. The van der Waals surface area contributed by atoms with Crippen molar-refractivity contribution in [3.05, 3.63) is 64.4 Å². The van der Waals surface area contributed by atoms with Crippen molar-refractivity contribution in [2.24, 2.45) is 0 Å². The number of aliphatic hydroxyl groups is 1. The third-order valence-corrected chi connectivity index (χ3v) is 8.81. The van der Waals surface area contributed by atoms with Crippen LogP contribution in [0.1, 0.15) is 23.2 Å². The molecular formula is C32H40F4N8O3. The average molecular weight is 661 g/mol. The number of likely N-dealkylation sites (N-methyl/N-ethyl adjacent to an activating group) is 2. The molecule has 0 spiro atoms. The molecule has 5 rings (SSSR count). The minimum Gasteiger partial charge on any atom is -0.462 e. The van der Waals surface area contributed by atoms with E-state index in [0.29, 0.717) is 50.7 Å². The number of piperazine rings is 1. The van der Waals surface area contributed by atoms with Crippen LogP contribution >= 0.6 is 0 Å². The van der Waals surface area contributed by atoms with Crippen molar-refractivity contribution >= 4 is 17.4 Å². The zero-order chi connectivity index (χ0) is 33.9. The summed E-state index contributed by atoms with van der Waals surface area (Å²) in [5.41, 5.74) is -0.391. The van der Waals surface area contributed by atoms with Gasteiger partial charge in [-0.25, -0.2) is 11.0 Å². The molecule has 2 aromatic rings. The number of fused-ring (bicyclic) bond motifs is 1. The van der Waals surface area contributed by atoms with Gasteiger partial charge in [-0.3, -0.25) is 9.69 Å². The fourth-order valence-electron chi connectivity index (χ4n) is 6.45. The van der Waals surface area contributed by atoms with Gasteiger partial charge in [0.25, 0.3) is 0 Å². The van der Waals surface area contributed by atoms with Crippen LogP contribution in [0.25, 0.3) is 4.85 Å². The first-order valence-electron chi connectivity index (χ1n) is 15.6. The summed E-state index contributed by atoms with van der Waals surface area (Å²) < 4.78 is 62.3. The fourth-order valence-corrected chi connectivity index (χ4v) is 6.45. The van der Waals surface area contributed by atoms with Crippen LogP contribution in [0.3, 0.4) is 0 Å². The molecule has 0 unspecified atom stereocenters. The van der Waals surface area contributed by atoms with Gasteiger partial charge in [0, 0.05) is 56.9 Å². The molecule has 2 saturated heterocycles. The molecule has 0 radical (unpaired) electrons. The van der Waals surface area contributed by atoms with Crippen LogP contribution in [0.2, 0.25) is 0 Å². The van der Waals surface area contributed by atoms with Crippen molar-refractivity contribution < 1.29 is 32.2 Å². The lowest BCUT2D eigenvalue weighted by Crippen LogP contribution is -2.56. The lowest BCUT2D eigenvalue weighted by Gasteiger charge is -2.41. The lowest BCUT2D eigenvalue weighted by atomic mass is 10.0. The van der Waals surface area contributed by atoms with Crippen LogP contribution in [-0.2, 0) is 23.9 Å². The Morgan fingerprint density at radius 3 is 2.64 bits per heavy atom. The number of alkyl halides is 3. The number of ether oxygens (including phenoxy) is 1. The van der Waals surface area contributed by atoms with Gasteiger partial charge in [-0.05, 0) is 46.1 Å². The fraction of sp³-hybridized carbons (Fsp3) is 0.562. The predicted octanol–water partition coefficient (Wildman–Crippen LogP) is 2.70. The second kappa shape index (κ2) is 14.4. The molecule has 47 heavy (non-hydrogen) atoms. The third kappa shape index (κ3) is 7.94. The van der Waals surface area contributed by atoms with E-state index in [4.69, 9.17) is 16.3 Å². The summed E-state index contributed by atoms with van der Waals surface area (Å²) in [6.07, 6.45) is -1.26. The van der Waals surface area contributed by atoms with E-state index in [1.807, 2.05) is 35.8 Å². The maximum Gasteiger partial charge on any atom is 0.421 e. The predicted molar refractivity (Wildman–Crippen MR) is 168 cm³/mol. The molecule has 2 fully saturated rings. The lowest BCUT2D eigenvalue weighted by molar-refractivity contribution is -0.139. The normalized spacial score (nSPS) is 22.2. The zero-order valence-electron chi connectivity index (χ0n) is 26.8. The highest BCUT2D eigenvalue weighted by molar-refractivity contribution is 5.88. The number of hydrogen-bond donors (Lipinski definition) is 1. The van der Waals surface area contributed by atoms with Crippen LogP contribution in [0.4, 0.5) is 29.1 Å². The minimum atomic E-state index is -4.89. The van der Waals surface area contributed by atoms with Crippen LogP contribution < -0.4 is 14.5 Å². The molecule has 3 aliphatic heterocycles. The maximum absolute atomic E-state index is 14.5. The number of anilines is 2. The van der Waals surface area contributed by atoms with Crippen LogP contribution in [0.15, 0.2) is 30.4 Å². The van der Waals surface area contributed by atoms with Gasteiger partial charge in [0.1, 0.15) is 29.8 Å². The Kier molecular flexibility index (Phi) is 10.5. The Morgan fingerprint density at radius 1 is 1.17 bits per heavy atom. The maximum atomic E-state index is 14.5. The van der Waals surface area contributed by atoms with E-state index in [1.165, 1.54) is 23.1 Å².